The standard InChI is InChI=1S/C18H20N2O4/c1-12-4-5-15(10-13(12)2)14(3)19-18(21)11-24-17-8-6-16(7-9-17)20(22)23/h4-10,14H,11H2,1-3H3,(H,19,21)/t14-/m0/s1. The van der Waals surface area contributed by atoms with Gasteiger partial charge in [-0.05, 0) is 49.6 Å². The van der Waals surface area contributed by atoms with E-state index in [-0.39, 0.29) is 24.2 Å². The molecule has 0 heterocycles. The Hall–Kier alpha value is -2.89. The summed E-state index contributed by atoms with van der Waals surface area (Å²) >= 11 is 0. The highest BCUT2D eigenvalue weighted by Crippen LogP contribution is 2.18. The van der Waals surface area contributed by atoms with Crippen LogP contribution in [0.2, 0.25) is 0 Å². The van der Waals surface area contributed by atoms with Crippen LogP contribution in [0.25, 0.3) is 0 Å². The first-order chi connectivity index (χ1) is 11.4. The average molecular weight is 328 g/mol. The predicted octanol–water partition coefficient (Wildman–Crippen LogP) is 3.47. The molecule has 126 valence electrons. The molecule has 1 N–H and O–H groups in total. The third kappa shape index (κ3) is 4.55. The van der Waals surface area contributed by atoms with Gasteiger partial charge in [0.15, 0.2) is 6.61 Å². The van der Waals surface area contributed by atoms with Gasteiger partial charge in [0.1, 0.15) is 5.75 Å². The van der Waals surface area contributed by atoms with Crippen LogP contribution in [0, 0.1) is 24.0 Å². The highest BCUT2D eigenvalue weighted by molar-refractivity contribution is 5.78. The van der Waals surface area contributed by atoms with Gasteiger partial charge >= 0.3 is 0 Å². The van der Waals surface area contributed by atoms with E-state index in [4.69, 9.17) is 4.74 Å². The first-order valence-electron chi connectivity index (χ1n) is 7.60. The molecule has 0 saturated heterocycles. The molecule has 0 aliphatic carbocycles. The molecule has 0 aromatic heterocycles. The maximum Gasteiger partial charge on any atom is 0.269 e. The van der Waals surface area contributed by atoms with Crippen LogP contribution in [-0.2, 0) is 4.79 Å². The Balaban J connectivity index is 1.88. The number of ether oxygens (including phenoxy) is 1. The number of rotatable bonds is 6. The minimum Gasteiger partial charge on any atom is -0.484 e. The van der Waals surface area contributed by atoms with E-state index < -0.39 is 4.92 Å². The molecule has 0 saturated carbocycles. The third-order valence-electron chi connectivity index (χ3n) is 3.83. The molecular formula is C18H20N2O4. The number of benzene rings is 2. The molecule has 0 radical (unpaired) electrons. The Kier molecular flexibility index (Phi) is 5.52. The van der Waals surface area contributed by atoms with Crippen molar-refractivity contribution >= 4 is 11.6 Å². The molecule has 1 amide bonds. The monoisotopic (exact) mass is 328 g/mol. The Morgan fingerprint density at radius 3 is 2.42 bits per heavy atom. The van der Waals surface area contributed by atoms with Crippen LogP contribution >= 0.6 is 0 Å². The predicted molar refractivity (Wildman–Crippen MR) is 91.1 cm³/mol. The van der Waals surface area contributed by atoms with E-state index in [0.717, 1.165) is 5.56 Å². The second kappa shape index (κ2) is 7.59. The van der Waals surface area contributed by atoms with Crippen LogP contribution in [0.5, 0.6) is 5.75 Å². The van der Waals surface area contributed by atoms with Gasteiger partial charge in [0.2, 0.25) is 0 Å². The SMILES string of the molecule is Cc1ccc([C@H](C)NC(=O)COc2ccc([N+](=O)[O-])cc2)cc1C. The van der Waals surface area contributed by atoms with E-state index in [0.29, 0.717) is 5.75 Å². The zero-order valence-corrected chi connectivity index (χ0v) is 13.9. The highest BCUT2D eigenvalue weighted by Gasteiger charge is 2.11. The van der Waals surface area contributed by atoms with Gasteiger partial charge in [-0.3, -0.25) is 14.9 Å². The lowest BCUT2D eigenvalue weighted by Crippen LogP contribution is -2.31. The number of aryl methyl sites for hydroxylation is 2. The van der Waals surface area contributed by atoms with E-state index in [1.54, 1.807) is 0 Å². The topological polar surface area (TPSA) is 81.5 Å². The van der Waals surface area contributed by atoms with Crippen LogP contribution in [0.15, 0.2) is 42.5 Å². The van der Waals surface area contributed by atoms with Gasteiger partial charge in [0.05, 0.1) is 11.0 Å². The van der Waals surface area contributed by atoms with Gasteiger partial charge in [-0.15, -0.1) is 0 Å². The molecule has 2 aromatic rings. The van der Waals surface area contributed by atoms with E-state index in [9.17, 15) is 14.9 Å². The maximum atomic E-state index is 12.0. The quantitative estimate of drug-likeness (QED) is 0.650. The molecule has 0 unspecified atom stereocenters. The number of nitro benzene ring substituents is 1. The van der Waals surface area contributed by atoms with Crippen molar-refractivity contribution in [3.8, 4) is 5.75 Å². The number of carbonyl (C=O) groups is 1. The van der Waals surface area contributed by atoms with Gasteiger partial charge in [-0.1, -0.05) is 18.2 Å². The lowest BCUT2D eigenvalue weighted by atomic mass is 10.0. The Morgan fingerprint density at radius 1 is 1.17 bits per heavy atom. The number of amides is 1. The zero-order valence-electron chi connectivity index (χ0n) is 13.9. The minimum atomic E-state index is -0.484. The van der Waals surface area contributed by atoms with E-state index in [1.165, 1.54) is 35.4 Å². The fourth-order valence-electron chi connectivity index (χ4n) is 2.21. The highest BCUT2D eigenvalue weighted by atomic mass is 16.6. The molecule has 0 aliphatic rings. The lowest BCUT2D eigenvalue weighted by molar-refractivity contribution is -0.384. The number of nitrogens with zero attached hydrogens (tertiary/aromatic N) is 1. The first-order valence-corrected chi connectivity index (χ1v) is 7.60. The summed E-state index contributed by atoms with van der Waals surface area (Å²) in [5.41, 5.74) is 3.39. The van der Waals surface area contributed by atoms with Gasteiger partial charge in [-0.2, -0.15) is 0 Å². The molecule has 0 bridgehead atoms. The van der Waals surface area contributed by atoms with Crippen LogP contribution < -0.4 is 10.1 Å². The number of hydrogen-bond acceptors (Lipinski definition) is 4. The van der Waals surface area contributed by atoms with E-state index in [2.05, 4.69) is 11.4 Å². The van der Waals surface area contributed by atoms with Crippen molar-refractivity contribution in [3.63, 3.8) is 0 Å². The summed E-state index contributed by atoms with van der Waals surface area (Å²) < 4.78 is 5.35. The van der Waals surface area contributed by atoms with Crippen molar-refractivity contribution in [2.45, 2.75) is 26.8 Å². The molecular weight excluding hydrogens is 308 g/mol. The summed E-state index contributed by atoms with van der Waals surface area (Å²) in [6, 6.07) is 11.6. The van der Waals surface area contributed by atoms with Crippen molar-refractivity contribution in [1.29, 1.82) is 0 Å². The van der Waals surface area contributed by atoms with Crippen molar-refractivity contribution in [2.75, 3.05) is 6.61 Å². The molecule has 2 rings (SSSR count). The van der Waals surface area contributed by atoms with Crippen LogP contribution in [-0.4, -0.2) is 17.4 Å². The van der Waals surface area contributed by atoms with E-state index in [1.807, 2.05) is 32.9 Å². The second-order valence-corrected chi connectivity index (χ2v) is 5.67. The normalized spacial score (nSPS) is 11.6. The van der Waals surface area contributed by atoms with Crippen LogP contribution in [0.1, 0.15) is 29.7 Å². The summed E-state index contributed by atoms with van der Waals surface area (Å²) in [5.74, 6) is 0.161. The number of hydrogen-bond donors (Lipinski definition) is 1. The summed E-state index contributed by atoms with van der Waals surface area (Å²) in [6.45, 7) is 5.84. The number of nitrogens with one attached hydrogen (secondary N) is 1. The summed E-state index contributed by atoms with van der Waals surface area (Å²) in [5, 5.41) is 13.5. The van der Waals surface area contributed by atoms with Crippen molar-refractivity contribution < 1.29 is 14.5 Å². The lowest BCUT2D eigenvalue weighted by Gasteiger charge is -2.16. The van der Waals surface area contributed by atoms with Gasteiger partial charge < -0.3 is 10.1 Å². The fourth-order valence-corrected chi connectivity index (χ4v) is 2.21. The van der Waals surface area contributed by atoms with Crippen molar-refractivity contribution in [3.05, 3.63) is 69.3 Å². The smallest absolute Gasteiger partial charge is 0.269 e. The first kappa shape index (κ1) is 17.5. The third-order valence-corrected chi connectivity index (χ3v) is 3.83. The fraction of sp³-hybridized carbons (Fsp3) is 0.278. The zero-order chi connectivity index (χ0) is 17.7. The maximum absolute atomic E-state index is 12.0. The molecule has 6 heteroatoms. The van der Waals surface area contributed by atoms with Gasteiger partial charge in [0, 0.05) is 12.1 Å². The Labute approximate surface area is 140 Å². The average Bonchev–Trinajstić information content (AvgIpc) is 2.55. The van der Waals surface area contributed by atoms with Crippen molar-refractivity contribution in [1.82, 2.24) is 5.32 Å². The van der Waals surface area contributed by atoms with E-state index >= 15 is 0 Å². The summed E-state index contributed by atoms with van der Waals surface area (Å²) in [4.78, 5) is 22.1. The molecule has 0 aliphatic heterocycles. The summed E-state index contributed by atoms with van der Waals surface area (Å²) in [6.07, 6.45) is 0. The van der Waals surface area contributed by atoms with Gasteiger partial charge in [0.25, 0.3) is 11.6 Å². The van der Waals surface area contributed by atoms with Crippen molar-refractivity contribution in [2.24, 2.45) is 0 Å². The molecule has 6 nitrogen and oxygen atoms in total. The molecule has 0 spiro atoms. The summed E-state index contributed by atoms with van der Waals surface area (Å²) in [7, 11) is 0. The largest absolute Gasteiger partial charge is 0.484 e. The molecule has 1 atom stereocenters. The van der Waals surface area contributed by atoms with Crippen LogP contribution in [0.4, 0.5) is 5.69 Å². The van der Waals surface area contributed by atoms with Crippen LogP contribution in [0.3, 0.4) is 0 Å². The molecule has 2 aromatic carbocycles. The Bertz CT molecular complexity index is 741. The Morgan fingerprint density at radius 2 is 1.83 bits per heavy atom. The van der Waals surface area contributed by atoms with Gasteiger partial charge in [-0.25, -0.2) is 0 Å². The number of non-ortho nitro benzene ring substituents is 1. The minimum absolute atomic E-state index is 0.0184. The second-order valence-electron chi connectivity index (χ2n) is 5.67. The molecule has 24 heavy (non-hydrogen) atoms. The number of carbonyl (C=O) groups excluding carboxylic acids is 1. The number of nitro groups is 1. The molecule has 0 fully saturated rings.